The van der Waals surface area contributed by atoms with Gasteiger partial charge in [0.25, 0.3) is 0 Å². The van der Waals surface area contributed by atoms with Crippen LogP contribution in [-0.4, -0.2) is 9.97 Å². The van der Waals surface area contributed by atoms with Gasteiger partial charge in [0.1, 0.15) is 0 Å². The largest absolute Gasteiger partial charge is 0.265 e. The molecule has 2 heterocycles. The first kappa shape index (κ1) is 38.3. The maximum atomic E-state index is 4.60. The summed E-state index contributed by atoms with van der Waals surface area (Å²) in [5, 5.41) is 8.94. The van der Waals surface area contributed by atoms with Crippen LogP contribution in [-0.2, 0) is 6.42 Å². The van der Waals surface area contributed by atoms with Crippen LogP contribution in [0.15, 0.2) is 171 Å². The van der Waals surface area contributed by atoms with Gasteiger partial charge in [-0.1, -0.05) is 155 Å². The lowest BCUT2D eigenvalue weighted by Crippen LogP contribution is -1.90. The lowest BCUT2D eigenvalue weighted by molar-refractivity contribution is 1.10. The van der Waals surface area contributed by atoms with Crippen molar-refractivity contribution in [3.63, 3.8) is 0 Å². The Labute approximate surface area is 326 Å². The highest BCUT2D eigenvalue weighted by Gasteiger charge is 2.16. The Morgan fingerprint density at radius 1 is 0.527 bits per heavy atom. The molecule has 0 aliphatic rings. The van der Waals surface area contributed by atoms with Crippen molar-refractivity contribution in [2.24, 2.45) is 0 Å². The van der Waals surface area contributed by atoms with E-state index in [1.807, 2.05) is 70.6 Å². The zero-order valence-electron chi connectivity index (χ0n) is 33.0. The van der Waals surface area contributed by atoms with Crippen molar-refractivity contribution in [3.05, 3.63) is 187 Å². The van der Waals surface area contributed by atoms with Crippen LogP contribution in [0.1, 0.15) is 51.3 Å². The van der Waals surface area contributed by atoms with Crippen LogP contribution in [0, 0.1) is 6.92 Å². The van der Waals surface area contributed by atoms with Gasteiger partial charge in [0, 0.05) is 24.0 Å². The van der Waals surface area contributed by atoms with E-state index in [2.05, 4.69) is 158 Å². The van der Waals surface area contributed by atoms with Crippen molar-refractivity contribution in [1.82, 2.24) is 9.97 Å². The van der Waals surface area contributed by atoms with Gasteiger partial charge in [-0.25, -0.2) is 0 Å². The van der Waals surface area contributed by atoms with Crippen LogP contribution in [0.4, 0.5) is 0 Å². The Kier molecular flexibility index (Phi) is 12.6. The molecular formula is C53H50N2. The van der Waals surface area contributed by atoms with Crippen LogP contribution >= 0.6 is 0 Å². The molecule has 0 atom stereocenters. The average Bonchev–Trinajstić information content (AvgIpc) is 3.26. The second-order valence-electron chi connectivity index (χ2n) is 13.2. The quantitative estimate of drug-likeness (QED) is 0.131. The molecule has 55 heavy (non-hydrogen) atoms. The van der Waals surface area contributed by atoms with Crippen LogP contribution in [0.25, 0.3) is 82.7 Å². The molecule has 0 N–H and O–H groups in total. The second kappa shape index (κ2) is 18.1. The number of rotatable bonds is 5. The number of allylic oxidation sites excluding steroid dienone is 2. The molecule has 0 unspecified atom stereocenters. The smallest absolute Gasteiger partial charge is 0.0708 e. The highest BCUT2D eigenvalue weighted by Crippen LogP contribution is 2.43. The highest BCUT2D eigenvalue weighted by atomic mass is 14.6. The van der Waals surface area contributed by atoms with Crippen LogP contribution in [0.5, 0.6) is 0 Å². The maximum Gasteiger partial charge on any atom is 0.0708 e. The van der Waals surface area contributed by atoms with Gasteiger partial charge in [-0.2, -0.15) is 0 Å². The molecule has 2 heteroatoms. The van der Waals surface area contributed by atoms with E-state index in [0.29, 0.717) is 0 Å². The molecule has 7 aromatic carbocycles. The van der Waals surface area contributed by atoms with Gasteiger partial charge < -0.3 is 0 Å². The highest BCUT2D eigenvalue weighted by molar-refractivity contribution is 6.28. The fraction of sp³-hybridized carbons (Fsp3) is 0.132. The molecule has 2 nitrogen and oxygen atoms in total. The van der Waals surface area contributed by atoms with Crippen molar-refractivity contribution in [2.45, 2.75) is 48.0 Å². The van der Waals surface area contributed by atoms with Gasteiger partial charge in [0.15, 0.2) is 0 Å². The molecule has 272 valence electrons. The number of aryl methyl sites for hydroxylation is 1. The summed E-state index contributed by atoms with van der Waals surface area (Å²) in [7, 11) is 0. The normalized spacial score (nSPS) is 10.8. The number of nitrogens with zero attached hydrogens (tertiary/aromatic N) is 2. The van der Waals surface area contributed by atoms with E-state index in [-0.39, 0.29) is 0 Å². The fourth-order valence-corrected chi connectivity index (χ4v) is 7.41. The number of benzene rings is 7. The van der Waals surface area contributed by atoms with Gasteiger partial charge in [-0.3, -0.25) is 9.97 Å². The summed E-state index contributed by atoms with van der Waals surface area (Å²) in [6.07, 6.45) is 12.6. The van der Waals surface area contributed by atoms with Crippen molar-refractivity contribution >= 4 is 49.3 Å². The van der Waals surface area contributed by atoms with E-state index in [9.17, 15) is 0 Å². The maximum absolute atomic E-state index is 4.60. The Morgan fingerprint density at radius 3 is 1.71 bits per heavy atom. The first-order chi connectivity index (χ1) is 27.1. The van der Waals surface area contributed by atoms with Crippen molar-refractivity contribution in [1.29, 1.82) is 0 Å². The Hall–Kier alpha value is -6.38. The summed E-state index contributed by atoms with van der Waals surface area (Å²) < 4.78 is 0. The molecule has 0 saturated carbocycles. The van der Waals surface area contributed by atoms with Crippen LogP contribution in [0.3, 0.4) is 0 Å². The minimum absolute atomic E-state index is 1.02. The van der Waals surface area contributed by atoms with Crippen molar-refractivity contribution in [3.8, 4) is 33.4 Å². The van der Waals surface area contributed by atoms with Crippen LogP contribution in [0.2, 0.25) is 0 Å². The monoisotopic (exact) mass is 714 g/mol. The minimum atomic E-state index is 1.02. The van der Waals surface area contributed by atoms with Gasteiger partial charge in [0.05, 0.1) is 5.52 Å². The topological polar surface area (TPSA) is 25.8 Å². The van der Waals surface area contributed by atoms with Gasteiger partial charge in [0.2, 0.25) is 0 Å². The zero-order chi connectivity index (χ0) is 38.7. The number of fused-ring (bicyclic) bond motifs is 1. The van der Waals surface area contributed by atoms with E-state index < -0.39 is 0 Å². The van der Waals surface area contributed by atoms with E-state index in [0.717, 1.165) is 11.9 Å². The Balaban J connectivity index is 0.000000255. The molecule has 0 saturated heterocycles. The van der Waals surface area contributed by atoms with Gasteiger partial charge in [-0.05, 0) is 134 Å². The van der Waals surface area contributed by atoms with Crippen LogP contribution < -0.4 is 0 Å². The van der Waals surface area contributed by atoms with E-state index in [1.165, 1.54) is 87.8 Å². The summed E-state index contributed by atoms with van der Waals surface area (Å²) in [6.45, 7) is 16.1. The predicted octanol–water partition coefficient (Wildman–Crippen LogP) is 15.3. The molecular weight excluding hydrogens is 665 g/mol. The third-order valence-corrected chi connectivity index (χ3v) is 10.2. The standard InChI is InChI=1S/C36H22N2.C11H14.C4H8.C2H6/c1-3-29(31-4-2-20-38-34(31)5-1)30-15-11-27-12-16-32-28(14-10-26-13-17-33(30)36(27)35(26)32)25-8-6-23(7-9-25)24-18-21-37-22-19-24;1-4-10-8-6-7-9(3)11(10)5-2;1-3-4-2;1-2/h1-22H;4,6-8H,1,5H2,2-3H3;3-4H,1-2H3;1-2H3/b;;4-3-;. The Morgan fingerprint density at radius 2 is 1.09 bits per heavy atom. The molecule has 0 bridgehead atoms. The molecule has 0 aliphatic carbocycles. The van der Waals surface area contributed by atoms with E-state index >= 15 is 0 Å². The van der Waals surface area contributed by atoms with Crippen molar-refractivity contribution in [2.75, 3.05) is 0 Å². The first-order valence-corrected chi connectivity index (χ1v) is 19.4. The summed E-state index contributed by atoms with van der Waals surface area (Å²) in [6, 6.07) is 48.1. The number of hydrogen-bond acceptors (Lipinski definition) is 2. The van der Waals surface area contributed by atoms with Gasteiger partial charge in [-0.15, -0.1) is 0 Å². The summed E-state index contributed by atoms with van der Waals surface area (Å²) in [5.74, 6) is 0. The zero-order valence-corrected chi connectivity index (χ0v) is 33.0. The Bertz CT molecular complexity index is 2680. The average molecular weight is 715 g/mol. The van der Waals surface area contributed by atoms with Gasteiger partial charge >= 0.3 is 0 Å². The summed E-state index contributed by atoms with van der Waals surface area (Å²) in [5.41, 5.74) is 12.4. The summed E-state index contributed by atoms with van der Waals surface area (Å²) in [4.78, 5) is 8.74. The molecule has 0 aliphatic heterocycles. The lowest BCUT2D eigenvalue weighted by atomic mass is 9.86. The minimum Gasteiger partial charge on any atom is -0.265 e. The third kappa shape index (κ3) is 7.95. The third-order valence-electron chi connectivity index (χ3n) is 10.2. The molecule has 0 radical (unpaired) electrons. The molecule has 9 aromatic rings. The number of hydrogen-bond donors (Lipinski definition) is 0. The number of aromatic nitrogens is 2. The second-order valence-corrected chi connectivity index (χ2v) is 13.2. The first-order valence-electron chi connectivity index (χ1n) is 19.4. The fourth-order valence-electron chi connectivity index (χ4n) is 7.41. The molecule has 0 spiro atoms. The molecule has 9 rings (SSSR count). The SMILES string of the molecule is C/C=C\C.C=Cc1cccc(C)c1CC.CC.c1cc(-c2ccc3ccc4c(-c5ccc(-c6ccncc6)cc5)ccc5ccc2c3c54)c2cccnc2c1. The molecule has 2 aromatic heterocycles. The van der Waals surface area contributed by atoms with Crippen molar-refractivity contribution < 1.29 is 0 Å². The van der Waals surface area contributed by atoms with E-state index in [4.69, 9.17) is 0 Å². The lowest BCUT2D eigenvalue weighted by Gasteiger charge is -2.17. The van der Waals surface area contributed by atoms with E-state index in [1.54, 1.807) is 0 Å². The molecule has 0 fully saturated rings. The number of pyridine rings is 2. The summed E-state index contributed by atoms with van der Waals surface area (Å²) >= 11 is 0. The predicted molar refractivity (Wildman–Crippen MR) is 242 cm³/mol. The molecule has 0 amide bonds.